The summed E-state index contributed by atoms with van der Waals surface area (Å²) in [5.41, 5.74) is -1.19. The zero-order valence-electron chi connectivity index (χ0n) is 11.1. The normalized spacial score (nSPS) is 15.6. The Morgan fingerprint density at radius 1 is 1.19 bits per heavy atom. The maximum absolute atomic E-state index is 10.5. The number of aliphatic hydroxyl groups is 1. The minimum atomic E-state index is -0.915. The van der Waals surface area contributed by atoms with E-state index in [0.29, 0.717) is 12.9 Å². The predicted molar refractivity (Wildman–Crippen MR) is 65.2 cm³/mol. The highest BCUT2D eigenvalue weighted by Gasteiger charge is 2.40. The molecule has 0 heterocycles. The lowest BCUT2D eigenvalue weighted by Crippen LogP contribution is -2.47. The van der Waals surface area contributed by atoms with E-state index in [1.54, 1.807) is 0 Å². The van der Waals surface area contributed by atoms with Crippen LogP contribution >= 0.6 is 0 Å². The molecule has 1 atom stereocenters. The van der Waals surface area contributed by atoms with E-state index < -0.39 is 5.60 Å². The summed E-state index contributed by atoms with van der Waals surface area (Å²) in [5.74, 6) is 0. The van der Waals surface area contributed by atoms with E-state index in [9.17, 15) is 9.90 Å². The number of rotatable bonds is 8. The second kappa shape index (κ2) is 6.89. The molecule has 0 aromatic carbocycles. The Hall–Kier alpha value is -0.570. The minimum absolute atomic E-state index is 0.0894. The van der Waals surface area contributed by atoms with E-state index in [2.05, 4.69) is 6.92 Å². The molecule has 16 heavy (non-hydrogen) atoms. The van der Waals surface area contributed by atoms with E-state index in [1.165, 1.54) is 12.8 Å². The van der Waals surface area contributed by atoms with Gasteiger partial charge < -0.3 is 9.84 Å². The Balaban J connectivity index is 4.25. The van der Waals surface area contributed by atoms with Gasteiger partial charge in [0, 0.05) is 0 Å². The lowest BCUT2D eigenvalue weighted by atomic mass is 9.74. The molecular formula is C13H26O3. The van der Waals surface area contributed by atoms with Gasteiger partial charge in [0.1, 0.15) is 12.2 Å². The average molecular weight is 230 g/mol. The summed E-state index contributed by atoms with van der Waals surface area (Å²) in [7, 11) is 0. The molecule has 0 saturated heterocycles. The highest BCUT2D eigenvalue weighted by atomic mass is 16.5. The van der Waals surface area contributed by atoms with Crippen molar-refractivity contribution in [3.8, 4) is 0 Å². The van der Waals surface area contributed by atoms with Crippen LogP contribution in [0.4, 0.5) is 0 Å². The fourth-order valence-corrected chi connectivity index (χ4v) is 1.68. The van der Waals surface area contributed by atoms with Gasteiger partial charge in [0.2, 0.25) is 0 Å². The molecule has 0 aromatic rings. The third-order valence-electron chi connectivity index (χ3n) is 3.23. The molecular weight excluding hydrogens is 204 g/mol. The first-order valence-corrected chi connectivity index (χ1v) is 6.15. The Kier molecular flexibility index (Phi) is 6.65. The van der Waals surface area contributed by atoms with Crippen LogP contribution in [0.25, 0.3) is 0 Å². The zero-order chi connectivity index (χ0) is 12.7. The molecule has 1 N–H and O–H groups in total. The summed E-state index contributed by atoms with van der Waals surface area (Å²) < 4.78 is 4.75. The van der Waals surface area contributed by atoms with Crippen molar-refractivity contribution in [1.82, 2.24) is 0 Å². The van der Waals surface area contributed by atoms with Crippen molar-refractivity contribution < 1.29 is 14.6 Å². The van der Waals surface area contributed by atoms with Crippen LogP contribution in [0.15, 0.2) is 0 Å². The molecule has 96 valence electrons. The van der Waals surface area contributed by atoms with Crippen molar-refractivity contribution in [2.24, 2.45) is 5.41 Å². The van der Waals surface area contributed by atoms with Crippen molar-refractivity contribution in [3.63, 3.8) is 0 Å². The van der Waals surface area contributed by atoms with Gasteiger partial charge in [0.15, 0.2) is 0 Å². The van der Waals surface area contributed by atoms with Crippen molar-refractivity contribution >= 4 is 6.47 Å². The topological polar surface area (TPSA) is 46.5 Å². The van der Waals surface area contributed by atoms with Crippen molar-refractivity contribution in [3.05, 3.63) is 0 Å². The van der Waals surface area contributed by atoms with Crippen LogP contribution in [0.3, 0.4) is 0 Å². The van der Waals surface area contributed by atoms with Crippen LogP contribution < -0.4 is 0 Å². The molecule has 0 aliphatic heterocycles. The minimum Gasteiger partial charge on any atom is -0.465 e. The smallest absolute Gasteiger partial charge is 0.293 e. The maximum Gasteiger partial charge on any atom is 0.293 e. The summed E-state index contributed by atoms with van der Waals surface area (Å²) in [5, 5.41) is 10.5. The Bertz CT molecular complexity index is 196. The lowest BCUT2D eigenvalue weighted by Gasteiger charge is -2.39. The first kappa shape index (κ1) is 15.4. The molecule has 0 aliphatic carbocycles. The van der Waals surface area contributed by atoms with Crippen LogP contribution in [-0.2, 0) is 9.53 Å². The van der Waals surface area contributed by atoms with Crippen LogP contribution in [0.1, 0.15) is 59.8 Å². The molecule has 3 nitrogen and oxygen atoms in total. The number of hydrogen-bond acceptors (Lipinski definition) is 3. The van der Waals surface area contributed by atoms with Gasteiger partial charge in [-0.3, -0.25) is 4.79 Å². The Labute approximate surface area is 99.2 Å². The summed E-state index contributed by atoms with van der Waals surface area (Å²) in [6, 6.07) is 0. The van der Waals surface area contributed by atoms with E-state index in [-0.39, 0.29) is 12.0 Å². The Morgan fingerprint density at radius 2 is 1.81 bits per heavy atom. The summed E-state index contributed by atoms with van der Waals surface area (Å²) in [6.07, 6.45) is 5.15. The van der Waals surface area contributed by atoms with E-state index in [4.69, 9.17) is 4.74 Å². The molecule has 0 radical (unpaired) electrons. The van der Waals surface area contributed by atoms with Gasteiger partial charge >= 0.3 is 0 Å². The molecule has 0 saturated carbocycles. The first-order valence-electron chi connectivity index (χ1n) is 6.15. The molecule has 0 spiro atoms. The van der Waals surface area contributed by atoms with Gasteiger partial charge in [-0.05, 0) is 11.8 Å². The predicted octanol–water partition coefficient (Wildman–Crippen LogP) is 2.91. The SMILES string of the molecule is CCCCCCC(O)(COC=O)C(C)(C)C. The maximum atomic E-state index is 10.5. The highest BCUT2D eigenvalue weighted by molar-refractivity contribution is 5.37. The second-order valence-electron chi connectivity index (χ2n) is 5.50. The van der Waals surface area contributed by atoms with Gasteiger partial charge in [0.05, 0.1) is 0 Å². The highest BCUT2D eigenvalue weighted by Crippen LogP contribution is 2.35. The zero-order valence-corrected chi connectivity index (χ0v) is 11.1. The molecule has 0 rings (SSSR count). The third-order valence-corrected chi connectivity index (χ3v) is 3.23. The summed E-state index contributed by atoms with van der Waals surface area (Å²) in [6.45, 7) is 8.57. The van der Waals surface area contributed by atoms with E-state index >= 15 is 0 Å². The fourth-order valence-electron chi connectivity index (χ4n) is 1.68. The van der Waals surface area contributed by atoms with Crippen LogP contribution in [0.5, 0.6) is 0 Å². The monoisotopic (exact) mass is 230 g/mol. The molecule has 0 aliphatic rings. The second-order valence-corrected chi connectivity index (χ2v) is 5.50. The molecule has 0 fully saturated rings. The number of carbonyl (C=O) groups excluding carboxylic acids is 1. The van der Waals surface area contributed by atoms with Crippen molar-refractivity contribution in [2.75, 3.05) is 6.61 Å². The fraction of sp³-hybridized carbons (Fsp3) is 0.923. The van der Waals surface area contributed by atoms with E-state index in [0.717, 1.165) is 12.8 Å². The lowest BCUT2D eigenvalue weighted by molar-refractivity contribution is -0.148. The number of unbranched alkanes of at least 4 members (excludes halogenated alkanes) is 3. The standard InChI is InChI=1S/C13H26O3/c1-5-6-7-8-9-13(15,10-16-11-14)12(2,3)4/h11,15H,5-10H2,1-4H3. The quantitative estimate of drug-likeness (QED) is 0.515. The number of hydrogen-bond donors (Lipinski definition) is 1. The van der Waals surface area contributed by atoms with E-state index in [1.807, 2.05) is 20.8 Å². The summed E-state index contributed by atoms with van der Waals surface area (Å²) >= 11 is 0. The van der Waals surface area contributed by atoms with Gasteiger partial charge in [-0.25, -0.2) is 0 Å². The largest absolute Gasteiger partial charge is 0.465 e. The van der Waals surface area contributed by atoms with Crippen LogP contribution in [0.2, 0.25) is 0 Å². The van der Waals surface area contributed by atoms with Crippen LogP contribution in [0, 0.1) is 5.41 Å². The Morgan fingerprint density at radius 3 is 2.25 bits per heavy atom. The van der Waals surface area contributed by atoms with Crippen LogP contribution in [-0.4, -0.2) is 23.8 Å². The first-order chi connectivity index (χ1) is 7.37. The third kappa shape index (κ3) is 4.97. The van der Waals surface area contributed by atoms with Gasteiger partial charge in [0.25, 0.3) is 6.47 Å². The number of carbonyl (C=O) groups is 1. The van der Waals surface area contributed by atoms with Gasteiger partial charge in [-0.15, -0.1) is 0 Å². The number of ether oxygens (including phenoxy) is 1. The molecule has 3 heteroatoms. The van der Waals surface area contributed by atoms with Crippen molar-refractivity contribution in [1.29, 1.82) is 0 Å². The molecule has 1 unspecified atom stereocenters. The molecule has 0 aromatic heterocycles. The average Bonchev–Trinajstić information content (AvgIpc) is 2.20. The summed E-state index contributed by atoms with van der Waals surface area (Å²) in [4.78, 5) is 10.2. The van der Waals surface area contributed by atoms with Gasteiger partial charge in [-0.1, -0.05) is 53.4 Å². The van der Waals surface area contributed by atoms with Gasteiger partial charge in [-0.2, -0.15) is 0 Å². The van der Waals surface area contributed by atoms with Crippen molar-refractivity contribution in [2.45, 2.75) is 65.4 Å². The molecule has 0 amide bonds. The molecule has 0 bridgehead atoms.